The van der Waals surface area contributed by atoms with Crippen molar-refractivity contribution in [1.82, 2.24) is 10.5 Å². The highest BCUT2D eigenvalue weighted by Gasteiger charge is 2.14. The number of halogens is 1. The van der Waals surface area contributed by atoms with Crippen molar-refractivity contribution in [1.29, 1.82) is 0 Å². The van der Waals surface area contributed by atoms with Gasteiger partial charge in [-0.3, -0.25) is 4.79 Å². The van der Waals surface area contributed by atoms with Crippen LogP contribution in [0.15, 0.2) is 34.9 Å². The summed E-state index contributed by atoms with van der Waals surface area (Å²) in [6.07, 6.45) is 0.447. The third-order valence-corrected chi connectivity index (χ3v) is 3.07. The van der Waals surface area contributed by atoms with Crippen LogP contribution in [0, 0.1) is 0 Å². The number of nitrogens with one attached hydrogen (secondary N) is 1. The molecule has 7 heteroatoms. The Bertz CT molecular complexity index is 652. The SMILES string of the molecule is CCOC(=O)C(=O)NCCc1cc(-c2ccc(Cl)cc2)on1. The molecule has 0 saturated carbocycles. The van der Waals surface area contributed by atoms with Gasteiger partial charge in [-0.05, 0) is 31.2 Å². The van der Waals surface area contributed by atoms with E-state index in [0.29, 0.717) is 22.9 Å². The van der Waals surface area contributed by atoms with Gasteiger partial charge in [0.1, 0.15) is 0 Å². The number of aromatic nitrogens is 1. The fourth-order valence-corrected chi connectivity index (χ4v) is 1.88. The molecule has 0 spiro atoms. The van der Waals surface area contributed by atoms with Crippen molar-refractivity contribution in [3.8, 4) is 11.3 Å². The lowest BCUT2D eigenvalue weighted by Gasteiger charge is -2.02. The van der Waals surface area contributed by atoms with Gasteiger partial charge in [-0.25, -0.2) is 4.79 Å². The van der Waals surface area contributed by atoms with Gasteiger partial charge in [-0.2, -0.15) is 0 Å². The minimum Gasteiger partial charge on any atom is -0.459 e. The van der Waals surface area contributed by atoms with Crippen LogP contribution < -0.4 is 5.32 Å². The van der Waals surface area contributed by atoms with Crippen LogP contribution in [0.2, 0.25) is 5.02 Å². The average molecular weight is 323 g/mol. The molecule has 0 aliphatic heterocycles. The van der Waals surface area contributed by atoms with Crippen LogP contribution in [0.25, 0.3) is 11.3 Å². The predicted octanol–water partition coefficient (Wildman–Crippen LogP) is 2.22. The summed E-state index contributed by atoms with van der Waals surface area (Å²) in [5.41, 5.74) is 1.54. The van der Waals surface area contributed by atoms with Crippen LogP contribution >= 0.6 is 11.6 Å². The van der Waals surface area contributed by atoms with Gasteiger partial charge >= 0.3 is 11.9 Å². The van der Waals surface area contributed by atoms with Crippen LogP contribution in [-0.4, -0.2) is 30.2 Å². The summed E-state index contributed by atoms with van der Waals surface area (Å²) in [6, 6.07) is 8.96. The van der Waals surface area contributed by atoms with Crippen LogP contribution in [0.1, 0.15) is 12.6 Å². The van der Waals surface area contributed by atoms with E-state index in [1.165, 1.54) is 0 Å². The van der Waals surface area contributed by atoms with Crippen molar-refractivity contribution in [2.45, 2.75) is 13.3 Å². The third kappa shape index (κ3) is 4.33. The Morgan fingerprint density at radius 2 is 2.05 bits per heavy atom. The maximum Gasteiger partial charge on any atom is 0.396 e. The molecule has 0 unspecified atom stereocenters. The van der Waals surface area contributed by atoms with E-state index in [4.69, 9.17) is 16.1 Å². The molecule has 1 heterocycles. The molecule has 1 aromatic heterocycles. The first kappa shape index (κ1) is 16.0. The minimum atomic E-state index is -0.885. The summed E-state index contributed by atoms with van der Waals surface area (Å²) >= 11 is 5.83. The van der Waals surface area contributed by atoms with Crippen LogP contribution in [0.4, 0.5) is 0 Å². The van der Waals surface area contributed by atoms with Gasteiger partial charge in [0.05, 0.1) is 12.3 Å². The smallest absolute Gasteiger partial charge is 0.396 e. The quantitative estimate of drug-likeness (QED) is 0.674. The zero-order chi connectivity index (χ0) is 15.9. The molecule has 0 saturated heterocycles. The van der Waals surface area contributed by atoms with Crippen molar-refractivity contribution in [3.05, 3.63) is 41.0 Å². The number of hydrogen-bond acceptors (Lipinski definition) is 5. The molecule has 22 heavy (non-hydrogen) atoms. The Balaban J connectivity index is 1.86. The van der Waals surface area contributed by atoms with E-state index >= 15 is 0 Å². The highest BCUT2D eigenvalue weighted by atomic mass is 35.5. The summed E-state index contributed by atoms with van der Waals surface area (Å²) in [4.78, 5) is 22.5. The van der Waals surface area contributed by atoms with Gasteiger partial charge in [0.2, 0.25) is 0 Å². The Kier molecular flexibility index (Phi) is 5.55. The molecule has 1 aromatic carbocycles. The van der Waals surface area contributed by atoms with Gasteiger partial charge in [0.15, 0.2) is 5.76 Å². The zero-order valence-corrected chi connectivity index (χ0v) is 12.7. The van der Waals surface area contributed by atoms with Crippen molar-refractivity contribution in [2.24, 2.45) is 0 Å². The molecular formula is C15H15ClN2O4. The lowest BCUT2D eigenvalue weighted by molar-refractivity contribution is -0.154. The Morgan fingerprint density at radius 3 is 2.73 bits per heavy atom. The molecule has 2 rings (SSSR count). The Morgan fingerprint density at radius 1 is 1.32 bits per heavy atom. The van der Waals surface area contributed by atoms with Gasteiger partial charge in [-0.15, -0.1) is 0 Å². The average Bonchev–Trinajstić information content (AvgIpc) is 2.97. The first-order valence-electron chi connectivity index (χ1n) is 6.76. The van der Waals surface area contributed by atoms with Crippen LogP contribution in [0.3, 0.4) is 0 Å². The number of amides is 1. The molecule has 0 aliphatic carbocycles. The third-order valence-electron chi connectivity index (χ3n) is 2.82. The first-order valence-corrected chi connectivity index (χ1v) is 7.14. The van der Waals surface area contributed by atoms with Gasteiger partial charge in [-0.1, -0.05) is 16.8 Å². The summed E-state index contributed by atoms with van der Waals surface area (Å²) in [6.45, 7) is 2.07. The summed E-state index contributed by atoms with van der Waals surface area (Å²) in [5, 5.41) is 7.02. The van der Waals surface area contributed by atoms with Crippen LogP contribution in [-0.2, 0) is 20.7 Å². The summed E-state index contributed by atoms with van der Waals surface area (Å²) < 4.78 is 9.82. The van der Waals surface area contributed by atoms with Gasteiger partial charge in [0, 0.05) is 29.6 Å². The highest BCUT2D eigenvalue weighted by Crippen LogP contribution is 2.22. The van der Waals surface area contributed by atoms with Gasteiger partial charge in [0.25, 0.3) is 0 Å². The number of carbonyl (C=O) groups is 2. The Hall–Kier alpha value is -2.34. The number of nitrogens with zero attached hydrogens (tertiary/aromatic N) is 1. The van der Waals surface area contributed by atoms with Crippen molar-refractivity contribution >= 4 is 23.5 Å². The minimum absolute atomic E-state index is 0.167. The van der Waals surface area contributed by atoms with Crippen molar-refractivity contribution in [2.75, 3.05) is 13.2 Å². The normalized spacial score (nSPS) is 10.3. The molecule has 0 radical (unpaired) electrons. The number of rotatable bonds is 5. The molecule has 1 N–H and O–H groups in total. The fourth-order valence-electron chi connectivity index (χ4n) is 1.75. The molecule has 1 amide bonds. The maximum atomic E-state index is 11.3. The van der Waals surface area contributed by atoms with E-state index < -0.39 is 11.9 Å². The van der Waals surface area contributed by atoms with E-state index in [2.05, 4.69) is 15.2 Å². The Labute approximate surface area is 132 Å². The lowest BCUT2D eigenvalue weighted by Crippen LogP contribution is -2.33. The number of hydrogen-bond donors (Lipinski definition) is 1. The molecular weight excluding hydrogens is 308 g/mol. The molecule has 0 atom stereocenters. The monoisotopic (exact) mass is 322 g/mol. The second kappa shape index (κ2) is 7.61. The number of esters is 1. The van der Waals surface area contributed by atoms with E-state index in [-0.39, 0.29) is 13.2 Å². The molecule has 0 aliphatic rings. The van der Waals surface area contributed by atoms with E-state index in [0.717, 1.165) is 5.56 Å². The summed E-state index contributed by atoms with van der Waals surface area (Å²) in [7, 11) is 0. The highest BCUT2D eigenvalue weighted by molar-refractivity contribution is 6.32. The second-order valence-corrected chi connectivity index (χ2v) is 4.85. The largest absolute Gasteiger partial charge is 0.459 e. The molecule has 2 aromatic rings. The standard InChI is InChI=1S/C15H15ClN2O4/c1-2-21-15(20)14(19)17-8-7-12-9-13(22-18-12)10-3-5-11(16)6-4-10/h3-6,9H,2,7-8H2,1H3,(H,17,19). The van der Waals surface area contributed by atoms with Gasteiger partial charge < -0.3 is 14.6 Å². The predicted molar refractivity (Wildman–Crippen MR) is 80.3 cm³/mol. The molecule has 0 bridgehead atoms. The lowest BCUT2D eigenvalue weighted by atomic mass is 10.1. The van der Waals surface area contributed by atoms with E-state index in [1.807, 2.05) is 12.1 Å². The van der Waals surface area contributed by atoms with E-state index in [9.17, 15) is 9.59 Å². The molecule has 6 nitrogen and oxygen atoms in total. The maximum absolute atomic E-state index is 11.3. The van der Waals surface area contributed by atoms with Crippen molar-refractivity contribution < 1.29 is 18.8 Å². The molecule has 0 fully saturated rings. The fraction of sp³-hybridized carbons (Fsp3) is 0.267. The number of benzene rings is 1. The molecule has 116 valence electrons. The zero-order valence-electron chi connectivity index (χ0n) is 12.0. The second-order valence-electron chi connectivity index (χ2n) is 4.42. The van der Waals surface area contributed by atoms with E-state index in [1.54, 1.807) is 25.1 Å². The number of ether oxygens (including phenoxy) is 1. The summed E-state index contributed by atoms with van der Waals surface area (Å²) in [5.74, 6) is -1.03. The topological polar surface area (TPSA) is 81.4 Å². The first-order chi connectivity index (χ1) is 10.6. The number of carbonyl (C=O) groups excluding carboxylic acids is 2. The van der Waals surface area contributed by atoms with Crippen LogP contribution in [0.5, 0.6) is 0 Å². The van der Waals surface area contributed by atoms with Crippen molar-refractivity contribution in [3.63, 3.8) is 0 Å².